The van der Waals surface area contributed by atoms with Gasteiger partial charge in [0.25, 0.3) is 0 Å². The van der Waals surface area contributed by atoms with E-state index in [1.54, 1.807) is 16.8 Å². The average molecular weight is 388 g/mol. The summed E-state index contributed by atoms with van der Waals surface area (Å²) in [6, 6.07) is 13.1. The van der Waals surface area contributed by atoms with Crippen LogP contribution in [0.1, 0.15) is 18.1 Å². The lowest BCUT2D eigenvalue weighted by Crippen LogP contribution is -2.23. The van der Waals surface area contributed by atoms with Crippen LogP contribution in [-0.2, 0) is 4.79 Å². The van der Waals surface area contributed by atoms with Gasteiger partial charge in [-0.15, -0.1) is 5.10 Å². The third kappa shape index (κ3) is 4.23. The molecule has 0 unspecified atom stereocenters. The number of aromatic nitrogens is 4. The summed E-state index contributed by atoms with van der Waals surface area (Å²) in [7, 11) is 0. The molecule has 3 aromatic rings. The normalized spacial score (nSPS) is 12.0. The minimum absolute atomic E-state index is 0.102. The van der Waals surface area contributed by atoms with Crippen LogP contribution in [0.3, 0.4) is 0 Å². The smallest absolute Gasteiger partial charge is 0.237 e. The van der Waals surface area contributed by atoms with Crippen LogP contribution in [0.2, 0.25) is 5.02 Å². The second kappa shape index (κ2) is 7.88. The summed E-state index contributed by atoms with van der Waals surface area (Å²) in [5, 5.41) is 15.5. The van der Waals surface area contributed by atoms with E-state index >= 15 is 0 Å². The zero-order valence-electron chi connectivity index (χ0n) is 14.6. The van der Waals surface area contributed by atoms with E-state index in [0.717, 1.165) is 22.5 Å². The van der Waals surface area contributed by atoms with E-state index in [4.69, 9.17) is 11.6 Å². The number of halogens is 1. The van der Waals surface area contributed by atoms with Crippen LogP contribution < -0.4 is 5.32 Å². The molecule has 1 heterocycles. The first-order valence-corrected chi connectivity index (χ1v) is 9.29. The number of anilines is 1. The maximum Gasteiger partial charge on any atom is 0.237 e. The van der Waals surface area contributed by atoms with Gasteiger partial charge >= 0.3 is 0 Å². The maximum atomic E-state index is 12.6. The maximum absolute atomic E-state index is 12.6. The summed E-state index contributed by atoms with van der Waals surface area (Å²) in [6.45, 7) is 5.79. The molecule has 1 atom stereocenters. The molecule has 2 aromatic carbocycles. The minimum atomic E-state index is -0.369. The van der Waals surface area contributed by atoms with Gasteiger partial charge in [-0.3, -0.25) is 4.79 Å². The van der Waals surface area contributed by atoms with Crippen LogP contribution in [0.25, 0.3) is 5.69 Å². The van der Waals surface area contributed by atoms with Crippen molar-refractivity contribution in [3.05, 3.63) is 58.6 Å². The number of amides is 1. The Hall–Kier alpha value is -2.38. The molecule has 0 bridgehead atoms. The van der Waals surface area contributed by atoms with Gasteiger partial charge in [-0.05, 0) is 72.7 Å². The molecule has 3 rings (SSSR count). The lowest BCUT2D eigenvalue weighted by Gasteiger charge is -2.13. The number of carbonyl (C=O) groups is 1. The molecule has 1 aromatic heterocycles. The van der Waals surface area contributed by atoms with Crippen molar-refractivity contribution in [3.63, 3.8) is 0 Å². The topological polar surface area (TPSA) is 72.7 Å². The fourth-order valence-corrected chi connectivity index (χ4v) is 3.25. The minimum Gasteiger partial charge on any atom is -0.325 e. The molecule has 0 aliphatic carbocycles. The van der Waals surface area contributed by atoms with E-state index in [2.05, 4.69) is 20.8 Å². The number of hydrogen-bond donors (Lipinski definition) is 1. The van der Waals surface area contributed by atoms with Crippen molar-refractivity contribution in [1.29, 1.82) is 0 Å². The molecular weight excluding hydrogens is 370 g/mol. The quantitative estimate of drug-likeness (QED) is 0.668. The molecule has 1 amide bonds. The Kier molecular flexibility index (Phi) is 5.58. The van der Waals surface area contributed by atoms with E-state index < -0.39 is 0 Å². The van der Waals surface area contributed by atoms with E-state index in [0.29, 0.717) is 10.2 Å². The molecular formula is C18H18ClN5OS. The summed E-state index contributed by atoms with van der Waals surface area (Å²) >= 11 is 7.22. The lowest BCUT2D eigenvalue weighted by molar-refractivity contribution is -0.115. The molecule has 0 aliphatic rings. The second-order valence-corrected chi connectivity index (χ2v) is 7.66. The van der Waals surface area contributed by atoms with E-state index in [9.17, 15) is 4.79 Å². The Bertz CT molecular complexity index is 926. The highest BCUT2D eigenvalue weighted by Crippen LogP contribution is 2.25. The van der Waals surface area contributed by atoms with E-state index in [1.807, 2.05) is 51.1 Å². The number of benzene rings is 2. The fraction of sp³-hybridized carbons (Fsp3) is 0.222. The number of tetrazole rings is 1. The molecule has 0 radical (unpaired) electrons. The average Bonchev–Trinajstić information content (AvgIpc) is 3.07. The Balaban J connectivity index is 1.73. The van der Waals surface area contributed by atoms with Crippen LogP contribution in [-0.4, -0.2) is 31.4 Å². The Morgan fingerprint density at radius 3 is 2.65 bits per heavy atom. The predicted molar refractivity (Wildman–Crippen MR) is 104 cm³/mol. The first kappa shape index (κ1) is 18.4. The SMILES string of the molecule is Cc1ccc(C)c(NC(=O)[C@@H](C)Sc2nnnn2-c2ccc(Cl)cc2)c1. The number of rotatable bonds is 5. The van der Waals surface area contributed by atoms with Gasteiger partial charge in [0.05, 0.1) is 10.9 Å². The van der Waals surface area contributed by atoms with Gasteiger partial charge in [-0.2, -0.15) is 4.68 Å². The van der Waals surface area contributed by atoms with Crippen LogP contribution >= 0.6 is 23.4 Å². The monoisotopic (exact) mass is 387 g/mol. The van der Waals surface area contributed by atoms with Gasteiger partial charge in [0.1, 0.15) is 0 Å². The summed E-state index contributed by atoms with van der Waals surface area (Å²) in [5.74, 6) is -0.102. The van der Waals surface area contributed by atoms with Crippen LogP contribution in [0.5, 0.6) is 0 Å². The van der Waals surface area contributed by atoms with Crippen LogP contribution in [0.15, 0.2) is 47.6 Å². The number of hydrogen-bond acceptors (Lipinski definition) is 5. The highest BCUT2D eigenvalue weighted by molar-refractivity contribution is 8.00. The van der Waals surface area contributed by atoms with Gasteiger partial charge in [0.2, 0.25) is 11.1 Å². The molecule has 0 spiro atoms. The molecule has 8 heteroatoms. The van der Waals surface area contributed by atoms with Gasteiger partial charge in [-0.25, -0.2) is 0 Å². The molecule has 1 N–H and O–H groups in total. The third-order valence-electron chi connectivity index (χ3n) is 3.81. The zero-order valence-corrected chi connectivity index (χ0v) is 16.2. The number of nitrogens with zero attached hydrogens (tertiary/aromatic N) is 4. The van der Waals surface area contributed by atoms with Crippen molar-refractivity contribution in [2.75, 3.05) is 5.32 Å². The zero-order chi connectivity index (χ0) is 18.7. The molecule has 0 saturated heterocycles. The Morgan fingerprint density at radius 1 is 1.19 bits per heavy atom. The molecule has 134 valence electrons. The van der Waals surface area contributed by atoms with Crippen molar-refractivity contribution >= 4 is 35.0 Å². The molecule has 0 aliphatic heterocycles. The van der Waals surface area contributed by atoms with Crippen molar-refractivity contribution in [1.82, 2.24) is 20.2 Å². The summed E-state index contributed by atoms with van der Waals surface area (Å²) in [6.07, 6.45) is 0. The van der Waals surface area contributed by atoms with Gasteiger partial charge in [0, 0.05) is 10.7 Å². The highest BCUT2D eigenvalue weighted by Gasteiger charge is 2.20. The highest BCUT2D eigenvalue weighted by atomic mass is 35.5. The second-order valence-electron chi connectivity index (χ2n) is 5.92. The van der Waals surface area contributed by atoms with E-state index in [1.165, 1.54) is 11.8 Å². The van der Waals surface area contributed by atoms with Crippen molar-refractivity contribution in [2.24, 2.45) is 0 Å². The van der Waals surface area contributed by atoms with Crippen LogP contribution in [0.4, 0.5) is 5.69 Å². The van der Waals surface area contributed by atoms with Crippen LogP contribution in [0, 0.1) is 13.8 Å². The lowest BCUT2D eigenvalue weighted by atomic mass is 10.1. The molecule has 6 nitrogen and oxygen atoms in total. The van der Waals surface area contributed by atoms with Crippen molar-refractivity contribution in [3.8, 4) is 5.69 Å². The van der Waals surface area contributed by atoms with Gasteiger partial charge in [0.15, 0.2) is 0 Å². The summed E-state index contributed by atoms with van der Waals surface area (Å²) < 4.78 is 1.59. The Morgan fingerprint density at radius 2 is 1.92 bits per heavy atom. The fourth-order valence-electron chi connectivity index (χ4n) is 2.31. The number of carbonyl (C=O) groups excluding carboxylic acids is 1. The van der Waals surface area contributed by atoms with Crippen molar-refractivity contribution < 1.29 is 4.79 Å². The number of nitrogens with one attached hydrogen (secondary N) is 1. The van der Waals surface area contributed by atoms with Gasteiger partial charge < -0.3 is 5.32 Å². The first-order chi connectivity index (χ1) is 12.4. The Labute approximate surface area is 160 Å². The number of aryl methyl sites for hydroxylation is 2. The summed E-state index contributed by atoms with van der Waals surface area (Å²) in [4.78, 5) is 12.6. The third-order valence-corrected chi connectivity index (χ3v) is 5.10. The standard InChI is InChI=1S/C18H18ClN5OS/c1-11-4-5-12(2)16(10-11)20-17(25)13(3)26-18-21-22-23-24(18)15-8-6-14(19)7-9-15/h4-10,13H,1-3H3,(H,20,25)/t13-/m1/s1. The first-order valence-electron chi connectivity index (χ1n) is 8.03. The summed E-state index contributed by atoms with van der Waals surface area (Å²) in [5.41, 5.74) is 3.72. The molecule has 26 heavy (non-hydrogen) atoms. The molecule has 0 saturated carbocycles. The van der Waals surface area contributed by atoms with E-state index in [-0.39, 0.29) is 11.2 Å². The number of thioether (sulfide) groups is 1. The largest absolute Gasteiger partial charge is 0.325 e. The van der Waals surface area contributed by atoms with Gasteiger partial charge in [-0.1, -0.05) is 35.5 Å². The molecule has 0 fully saturated rings. The predicted octanol–water partition coefficient (Wildman–Crippen LogP) is 4.05. The van der Waals surface area contributed by atoms with Crippen molar-refractivity contribution in [2.45, 2.75) is 31.2 Å².